The van der Waals surface area contributed by atoms with Crippen molar-refractivity contribution in [3.8, 4) is 0 Å². The standard InChI is InChI=1S/C19H32N4OS.HI/c1-6-20-18(21-13-19(4,5)16-8-7-11-25-16)22-15-9-10-23(12-15)17(24)14(2)3;/h7-8,11,14-15H,6,9-10,12-13H2,1-5H3,(H2,20,21,22);1H. The molecule has 1 unspecified atom stereocenters. The Balaban J connectivity index is 0.00000338. The predicted octanol–water partition coefficient (Wildman–Crippen LogP) is 3.46. The Bertz CT molecular complexity index is 586. The molecular formula is C19H33IN4OS. The molecular weight excluding hydrogens is 459 g/mol. The molecule has 2 heterocycles. The van der Waals surface area contributed by atoms with Crippen molar-refractivity contribution in [3.63, 3.8) is 0 Å². The molecule has 1 aromatic heterocycles. The smallest absolute Gasteiger partial charge is 0.225 e. The molecule has 0 bridgehead atoms. The lowest BCUT2D eigenvalue weighted by atomic mass is 9.92. The fraction of sp³-hybridized carbons (Fsp3) is 0.684. The number of thiophene rings is 1. The number of carbonyl (C=O) groups is 1. The van der Waals surface area contributed by atoms with E-state index >= 15 is 0 Å². The highest BCUT2D eigenvalue weighted by atomic mass is 127. The van der Waals surface area contributed by atoms with Crippen molar-refractivity contribution in [2.24, 2.45) is 10.9 Å². The summed E-state index contributed by atoms with van der Waals surface area (Å²) in [5.41, 5.74) is 0.0197. The van der Waals surface area contributed by atoms with Gasteiger partial charge in [0.05, 0.1) is 6.54 Å². The molecule has 1 aromatic rings. The van der Waals surface area contributed by atoms with E-state index in [2.05, 4.69) is 48.9 Å². The van der Waals surface area contributed by atoms with Gasteiger partial charge in [0.25, 0.3) is 0 Å². The van der Waals surface area contributed by atoms with Crippen molar-refractivity contribution >= 4 is 47.2 Å². The number of likely N-dealkylation sites (tertiary alicyclic amines) is 1. The predicted molar refractivity (Wildman–Crippen MR) is 122 cm³/mol. The summed E-state index contributed by atoms with van der Waals surface area (Å²) in [5.74, 6) is 1.15. The van der Waals surface area contributed by atoms with Crippen molar-refractivity contribution in [2.75, 3.05) is 26.2 Å². The van der Waals surface area contributed by atoms with Gasteiger partial charge < -0.3 is 15.5 Å². The molecule has 1 aliphatic heterocycles. The molecule has 1 amide bonds. The van der Waals surface area contributed by atoms with Crippen LogP contribution >= 0.6 is 35.3 Å². The first-order valence-electron chi connectivity index (χ1n) is 9.21. The third kappa shape index (κ3) is 6.40. The lowest BCUT2D eigenvalue weighted by Crippen LogP contribution is -2.45. The van der Waals surface area contributed by atoms with Crippen LogP contribution in [0.4, 0.5) is 0 Å². The van der Waals surface area contributed by atoms with Gasteiger partial charge in [-0.15, -0.1) is 35.3 Å². The molecule has 0 aromatic carbocycles. The fourth-order valence-corrected chi connectivity index (χ4v) is 3.82. The second-order valence-electron chi connectivity index (χ2n) is 7.63. The van der Waals surface area contributed by atoms with Gasteiger partial charge in [0.15, 0.2) is 5.96 Å². The number of hydrogen-bond acceptors (Lipinski definition) is 3. The maximum absolute atomic E-state index is 12.1. The Kier molecular flexibility index (Phi) is 9.36. The van der Waals surface area contributed by atoms with Crippen LogP contribution in [0.1, 0.15) is 45.9 Å². The number of halogens is 1. The first kappa shape index (κ1) is 23.2. The van der Waals surface area contributed by atoms with Gasteiger partial charge in [-0.2, -0.15) is 0 Å². The minimum atomic E-state index is 0. The number of aliphatic imine (C=N–C) groups is 1. The summed E-state index contributed by atoms with van der Waals surface area (Å²) in [6.45, 7) is 13.6. The Hall–Kier alpha value is -0.830. The molecule has 7 heteroatoms. The van der Waals surface area contributed by atoms with Crippen molar-refractivity contribution in [1.29, 1.82) is 0 Å². The molecule has 1 fully saturated rings. The molecule has 1 atom stereocenters. The van der Waals surface area contributed by atoms with Gasteiger partial charge in [-0.05, 0) is 24.8 Å². The second-order valence-corrected chi connectivity index (χ2v) is 8.57. The molecule has 0 aliphatic carbocycles. The van der Waals surface area contributed by atoms with Crippen molar-refractivity contribution in [1.82, 2.24) is 15.5 Å². The van der Waals surface area contributed by atoms with Crippen molar-refractivity contribution < 1.29 is 4.79 Å². The zero-order valence-electron chi connectivity index (χ0n) is 16.5. The highest BCUT2D eigenvalue weighted by molar-refractivity contribution is 14.0. The van der Waals surface area contributed by atoms with E-state index in [1.165, 1.54) is 4.88 Å². The van der Waals surface area contributed by atoms with E-state index in [0.29, 0.717) is 0 Å². The Morgan fingerprint density at radius 1 is 1.46 bits per heavy atom. The molecule has 2 rings (SSSR count). The van der Waals surface area contributed by atoms with Gasteiger partial charge in [0.1, 0.15) is 0 Å². The van der Waals surface area contributed by atoms with E-state index in [1.807, 2.05) is 18.7 Å². The minimum Gasteiger partial charge on any atom is -0.357 e. The number of guanidine groups is 1. The van der Waals surface area contributed by atoms with E-state index in [9.17, 15) is 4.79 Å². The number of hydrogen-bond donors (Lipinski definition) is 2. The average molecular weight is 492 g/mol. The molecule has 1 saturated heterocycles. The van der Waals surface area contributed by atoms with Gasteiger partial charge in [0.2, 0.25) is 5.91 Å². The zero-order valence-corrected chi connectivity index (χ0v) is 19.7. The molecule has 0 radical (unpaired) electrons. The summed E-state index contributed by atoms with van der Waals surface area (Å²) >= 11 is 1.78. The number of rotatable bonds is 6. The van der Waals surface area contributed by atoms with Crippen LogP contribution in [0.5, 0.6) is 0 Å². The zero-order chi connectivity index (χ0) is 18.4. The first-order chi connectivity index (χ1) is 11.8. The largest absolute Gasteiger partial charge is 0.357 e. The van der Waals surface area contributed by atoms with Gasteiger partial charge >= 0.3 is 0 Å². The van der Waals surface area contributed by atoms with E-state index in [0.717, 1.165) is 38.6 Å². The molecule has 0 saturated carbocycles. The van der Waals surface area contributed by atoms with Crippen LogP contribution in [0, 0.1) is 5.92 Å². The molecule has 2 N–H and O–H groups in total. The van der Waals surface area contributed by atoms with Crippen LogP contribution in [0.3, 0.4) is 0 Å². The van der Waals surface area contributed by atoms with Crippen LogP contribution in [0.2, 0.25) is 0 Å². The van der Waals surface area contributed by atoms with E-state index in [1.54, 1.807) is 11.3 Å². The summed E-state index contributed by atoms with van der Waals surface area (Å²) in [6, 6.07) is 4.53. The van der Waals surface area contributed by atoms with Gasteiger partial charge in [0, 0.05) is 41.9 Å². The summed E-state index contributed by atoms with van der Waals surface area (Å²) in [4.78, 5) is 20.3. The first-order valence-corrected chi connectivity index (χ1v) is 10.1. The van der Waals surface area contributed by atoms with Crippen LogP contribution in [-0.4, -0.2) is 49.0 Å². The number of nitrogens with zero attached hydrogens (tertiary/aromatic N) is 2. The van der Waals surface area contributed by atoms with Crippen molar-refractivity contribution in [2.45, 2.75) is 52.5 Å². The van der Waals surface area contributed by atoms with Gasteiger partial charge in [-0.25, -0.2) is 0 Å². The van der Waals surface area contributed by atoms with Crippen LogP contribution in [0.15, 0.2) is 22.5 Å². The SMILES string of the molecule is CCNC(=NCC(C)(C)c1cccs1)NC1CCN(C(=O)C(C)C)C1.I. The molecule has 148 valence electrons. The van der Waals surface area contributed by atoms with Crippen LogP contribution in [0.25, 0.3) is 0 Å². The molecule has 0 spiro atoms. The molecule has 5 nitrogen and oxygen atoms in total. The quantitative estimate of drug-likeness (QED) is 0.364. The lowest BCUT2D eigenvalue weighted by Gasteiger charge is -2.23. The summed E-state index contributed by atoms with van der Waals surface area (Å²) in [5, 5.41) is 8.95. The average Bonchev–Trinajstić information content (AvgIpc) is 3.24. The maximum atomic E-state index is 12.1. The summed E-state index contributed by atoms with van der Waals surface area (Å²) in [7, 11) is 0. The van der Waals surface area contributed by atoms with Gasteiger partial charge in [-0.1, -0.05) is 33.8 Å². The van der Waals surface area contributed by atoms with Gasteiger partial charge in [-0.3, -0.25) is 9.79 Å². The van der Waals surface area contributed by atoms with E-state index in [4.69, 9.17) is 4.99 Å². The third-order valence-corrected chi connectivity index (χ3v) is 5.74. The Morgan fingerprint density at radius 3 is 2.77 bits per heavy atom. The maximum Gasteiger partial charge on any atom is 0.225 e. The lowest BCUT2D eigenvalue weighted by molar-refractivity contribution is -0.133. The molecule has 1 aliphatic rings. The second kappa shape index (κ2) is 10.5. The highest BCUT2D eigenvalue weighted by Gasteiger charge is 2.28. The van der Waals surface area contributed by atoms with Crippen LogP contribution < -0.4 is 10.6 Å². The molecule has 26 heavy (non-hydrogen) atoms. The third-order valence-electron chi connectivity index (χ3n) is 4.50. The summed E-state index contributed by atoms with van der Waals surface area (Å²) in [6.07, 6.45) is 0.969. The Labute approximate surface area is 179 Å². The topological polar surface area (TPSA) is 56.7 Å². The summed E-state index contributed by atoms with van der Waals surface area (Å²) < 4.78 is 0. The normalized spacial score (nSPS) is 18.0. The number of amides is 1. The minimum absolute atomic E-state index is 0. The van der Waals surface area contributed by atoms with Crippen LogP contribution in [-0.2, 0) is 10.2 Å². The monoisotopic (exact) mass is 492 g/mol. The number of carbonyl (C=O) groups excluding carboxylic acids is 1. The van der Waals surface area contributed by atoms with Crippen molar-refractivity contribution in [3.05, 3.63) is 22.4 Å². The van der Waals surface area contributed by atoms with E-state index < -0.39 is 0 Å². The Morgan fingerprint density at radius 2 is 2.19 bits per heavy atom. The highest BCUT2D eigenvalue weighted by Crippen LogP contribution is 2.27. The fourth-order valence-electron chi connectivity index (χ4n) is 2.98. The number of nitrogens with one attached hydrogen (secondary N) is 2. The van der Waals surface area contributed by atoms with E-state index in [-0.39, 0.29) is 47.3 Å².